The van der Waals surface area contributed by atoms with E-state index in [4.69, 9.17) is 0 Å². The SMILES string of the molecule is CC(C)C1CCC(C)(C)C1=O. The van der Waals surface area contributed by atoms with Gasteiger partial charge in [-0.1, -0.05) is 27.7 Å². The first-order chi connectivity index (χ1) is 4.95. The fraction of sp³-hybridized carbons (Fsp3) is 0.900. The molecule has 1 atom stereocenters. The summed E-state index contributed by atoms with van der Waals surface area (Å²) in [5.74, 6) is 1.35. The molecule has 0 N–H and O–H groups in total. The van der Waals surface area contributed by atoms with Gasteiger partial charge >= 0.3 is 0 Å². The zero-order valence-corrected chi connectivity index (χ0v) is 7.98. The van der Waals surface area contributed by atoms with Gasteiger partial charge in [-0.25, -0.2) is 0 Å². The molecular weight excluding hydrogens is 136 g/mol. The van der Waals surface area contributed by atoms with E-state index in [1.807, 2.05) is 0 Å². The molecular formula is C10H18O. The summed E-state index contributed by atoms with van der Waals surface area (Å²) in [4.78, 5) is 11.7. The first-order valence-corrected chi connectivity index (χ1v) is 4.49. The molecule has 1 nitrogen and oxygen atoms in total. The molecule has 0 aromatic heterocycles. The van der Waals surface area contributed by atoms with Crippen molar-refractivity contribution in [2.45, 2.75) is 40.5 Å². The number of hydrogen-bond donors (Lipinski definition) is 0. The van der Waals surface area contributed by atoms with Crippen molar-refractivity contribution in [3.05, 3.63) is 0 Å². The third-order valence-electron chi connectivity index (χ3n) is 2.89. The van der Waals surface area contributed by atoms with Gasteiger partial charge in [0.25, 0.3) is 0 Å². The van der Waals surface area contributed by atoms with Crippen LogP contribution >= 0.6 is 0 Å². The molecule has 0 saturated heterocycles. The Morgan fingerprint density at radius 3 is 2.18 bits per heavy atom. The van der Waals surface area contributed by atoms with Crippen molar-refractivity contribution in [1.29, 1.82) is 0 Å². The summed E-state index contributed by atoms with van der Waals surface area (Å²) in [6.45, 7) is 8.42. The Kier molecular flexibility index (Phi) is 2.08. The van der Waals surface area contributed by atoms with E-state index in [1.54, 1.807) is 0 Å². The quantitative estimate of drug-likeness (QED) is 0.567. The van der Waals surface area contributed by atoms with Crippen molar-refractivity contribution in [2.75, 3.05) is 0 Å². The first-order valence-electron chi connectivity index (χ1n) is 4.49. The van der Waals surface area contributed by atoms with Crippen molar-refractivity contribution < 1.29 is 4.79 Å². The minimum Gasteiger partial charge on any atom is -0.299 e. The van der Waals surface area contributed by atoms with Crippen LogP contribution < -0.4 is 0 Å². The van der Waals surface area contributed by atoms with E-state index < -0.39 is 0 Å². The van der Waals surface area contributed by atoms with Crippen molar-refractivity contribution in [2.24, 2.45) is 17.3 Å². The molecule has 1 rings (SSSR count). The normalized spacial score (nSPS) is 29.9. The fourth-order valence-electron chi connectivity index (χ4n) is 1.91. The highest BCUT2D eigenvalue weighted by molar-refractivity contribution is 5.88. The molecule has 1 fully saturated rings. The van der Waals surface area contributed by atoms with E-state index in [-0.39, 0.29) is 5.41 Å². The number of ketones is 1. The summed E-state index contributed by atoms with van der Waals surface area (Å²) in [7, 11) is 0. The molecule has 64 valence electrons. The number of Topliss-reactive ketones (excluding diaryl/α,β-unsaturated/α-hetero) is 1. The lowest BCUT2D eigenvalue weighted by Gasteiger charge is -2.17. The third-order valence-corrected chi connectivity index (χ3v) is 2.89. The molecule has 1 unspecified atom stereocenters. The summed E-state index contributed by atoms with van der Waals surface area (Å²) < 4.78 is 0. The van der Waals surface area contributed by atoms with Crippen LogP contribution in [0.3, 0.4) is 0 Å². The van der Waals surface area contributed by atoms with Gasteiger partial charge in [0.2, 0.25) is 0 Å². The molecule has 0 amide bonds. The van der Waals surface area contributed by atoms with Gasteiger partial charge in [0, 0.05) is 11.3 Å². The van der Waals surface area contributed by atoms with E-state index in [1.165, 1.54) is 0 Å². The summed E-state index contributed by atoms with van der Waals surface area (Å²) >= 11 is 0. The first kappa shape index (κ1) is 8.76. The van der Waals surface area contributed by atoms with Crippen LogP contribution in [0.4, 0.5) is 0 Å². The minimum atomic E-state index is -0.0328. The Morgan fingerprint density at radius 1 is 1.45 bits per heavy atom. The number of rotatable bonds is 1. The highest BCUT2D eigenvalue weighted by Crippen LogP contribution is 2.40. The largest absolute Gasteiger partial charge is 0.299 e. The lowest BCUT2D eigenvalue weighted by molar-refractivity contribution is -0.128. The van der Waals surface area contributed by atoms with Gasteiger partial charge in [-0.15, -0.1) is 0 Å². The highest BCUT2D eigenvalue weighted by Gasteiger charge is 2.41. The van der Waals surface area contributed by atoms with Crippen LogP contribution in [0, 0.1) is 17.3 Å². The topological polar surface area (TPSA) is 17.1 Å². The zero-order chi connectivity index (χ0) is 8.65. The predicted octanol–water partition coefficient (Wildman–Crippen LogP) is 2.65. The van der Waals surface area contributed by atoms with Gasteiger partial charge in [0.05, 0.1) is 0 Å². The summed E-state index contributed by atoms with van der Waals surface area (Å²) in [5, 5.41) is 0. The average molecular weight is 154 g/mol. The molecule has 1 aliphatic rings. The van der Waals surface area contributed by atoms with Crippen LogP contribution in [-0.4, -0.2) is 5.78 Å². The highest BCUT2D eigenvalue weighted by atomic mass is 16.1. The van der Waals surface area contributed by atoms with Crippen LogP contribution in [0.15, 0.2) is 0 Å². The van der Waals surface area contributed by atoms with E-state index in [0.29, 0.717) is 17.6 Å². The smallest absolute Gasteiger partial charge is 0.141 e. The lowest BCUT2D eigenvalue weighted by atomic mass is 9.85. The molecule has 0 heterocycles. The predicted molar refractivity (Wildman–Crippen MR) is 46.4 cm³/mol. The van der Waals surface area contributed by atoms with E-state index in [9.17, 15) is 4.79 Å². The Bertz CT molecular complexity index is 168. The van der Waals surface area contributed by atoms with Gasteiger partial charge in [-0.3, -0.25) is 4.79 Å². The lowest BCUT2D eigenvalue weighted by Crippen LogP contribution is -2.24. The Morgan fingerprint density at radius 2 is 2.00 bits per heavy atom. The zero-order valence-electron chi connectivity index (χ0n) is 7.98. The standard InChI is InChI=1S/C10H18O/c1-7(2)8-5-6-10(3,4)9(8)11/h7-8H,5-6H2,1-4H3. The molecule has 0 spiro atoms. The summed E-state index contributed by atoms with van der Waals surface area (Å²) in [6.07, 6.45) is 2.18. The molecule has 0 aromatic carbocycles. The molecule has 11 heavy (non-hydrogen) atoms. The molecule has 1 aliphatic carbocycles. The molecule has 1 heteroatoms. The Balaban J connectivity index is 2.71. The van der Waals surface area contributed by atoms with Crippen LogP contribution in [0.5, 0.6) is 0 Å². The maximum Gasteiger partial charge on any atom is 0.141 e. The second-order valence-corrected chi connectivity index (χ2v) is 4.64. The number of carbonyl (C=O) groups is 1. The molecule has 0 bridgehead atoms. The van der Waals surface area contributed by atoms with Crippen LogP contribution in [-0.2, 0) is 4.79 Å². The number of hydrogen-bond acceptors (Lipinski definition) is 1. The summed E-state index contributed by atoms with van der Waals surface area (Å²) in [5.41, 5.74) is -0.0328. The van der Waals surface area contributed by atoms with E-state index >= 15 is 0 Å². The van der Waals surface area contributed by atoms with Crippen LogP contribution in [0.25, 0.3) is 0 Å². The third kappa shape index (κ3) is 1.47. The van der Waals surface area contributed by atoms with Gasteiger partial charge in [-0.2, -0.15) is 0 Å². The van der Waals surface area contributed by atoms with Crippen molar-refractivity contribution >= 4 is 5.78 Å². The fourth-order valence-corrected chi connectivity index (χ4v) is 1.91. The van der Waals surface area contributed by atoms with Gasteiger partial charge < -0.3 is 0 Å². The molecule has 0 aromatic rings. The number of carbonyl (C=O) groups excluding carboxylic acids is 1. The van der Waals surface area contributed by atoms with Crippen LogP contribution in [0.1, 0.15) is 40.5 Å². The van der Waals surface area contributed by atoms with Gasteiger partial charge in [0.15, 0.2) is 0 Å². The molecule has 0 radical (unpaired) electrons. The molecule has 0 aliphatic heterocycles. The average Bonchev–Trinajstić information content (AvgIpc) is 2.09. The Labute approximate surface area is 69.2 Å². The van der Waals surface area contributed by atoms with E-state index in [0.717, 1.165) is 12.8 Å². The maximum absolute atomic E-state index is 11.7. The van der Waals surface area contributed by atoms with Crippen molar-refractivity contribution in [3.63, 3.8) is 0 Å². The molecule has 1 saturated carbocycles. The second-order valence-electron chi connectivity index (χ2n) is 4.64. The van der Waals surface area contributed by atoms with Gasteiger partial charge in [0.1, 0.15) is 5.78 Å². The van der Waals surface area contributed by atoms with Crippen molar-refractivity contribution in [1.82, 2.24) is 0 Å². The van der Waals surface area contributed by atoms with E-state index in [2.05, 4.69) is 27.7 Å². The Hall–Kier alpha value is -0.330. The minimum absolute atomic E-state index is 0.0328. The van der Waals surface area contributed by atoms with Gasteiger partial charge in [-0.05, 0) is 18.8 Å². The van der Waals surface area contributed by atoms with Crippen LogP contribution in [0.2, 0.25) is 0 Å². The van der Waals surface area contributed by atoms with Crippen molar-refractivity contribution in [3.8, 4) is 0 Å². The second kappa shape index (κ2) is 2.62. The monoisotopic (exact) mass is 154 g/mol. The summed E-state index contributed by atoms with van der Waals surface area (Å²) in [6, 6.07) is 0. The maximum atomic E-state index is 11.7.